The van der Waals surface area contributed by atoms with E-state index in [9.17, 15) is 9.90 Å². The summed E-state index contributed by atoms with van der Waals surface area (Å²) < 4.78 is 0. The van der Waals surface area contributed by atoms with E-state index in [1.54, 1.807) is 24.3 Å². The molecule has 0 bridgehead atoms. The summed E-state index contributed by atoms with van der Waals surface area (Å²) in [6.07, 6.45) is 1.51. The number of anilines is 1. The number of benzene rings is 2. The van der Waals surface area contributed by atoms with Gasteiger partial charge < -0.3 is 10.2 Å². The van der Waals surface area contributed by atoms with Crippen molar-refractivity contribution >= 4 is 17.4 Å². The van der Waals surface area contributed by atoms with Crippen molar-refractivity contribution in [3.63, 3.8) is 0 Å². The van der Waals surface area contributed by atoms with Crippen molar-refractivity contribution < 1.29 is 15.0 Å². The molecule has 2 aromatic carbocycles. The van der Waals surface area contributed by atoms with Gasteiger partial charge in [0.1, 0.15) is 5.75 Å². The fourth-order valence-electron chi connectivity index (χ4n) is 2.46. The van der Waals surface area contributed by atoms with E-state index in [-0.39, 0.29) is 5.56 Å². The number of phenols is 1. The first kappa shape index (κ1) is 13.2. The Morgan fingerprint density at radius 3 is 2.76 bits per heavy atom. The smallest absolute Gasteiger partial charge is 0.335 e. The second-order valence-electron chi connectivity index (χ2n) is 4.86. The summed E-state index contributed by atoms with van der Waals surface area (Å²) in [7, 11) is 0. The van der Waals surface area contributed by atoms with E-state index >= 15 is 0 Å². The Kier molecular flexibility index (Phi) is 3.31. The minimum absolute atomic E-state index is 0.213. The number of nitrogens with one attached hydrogen (secondary N) is 1. The zero-order valence-electron chi connectivity index (χ0n) is 11.2. The van der Waals surface area contributed by atoms with Crippen LogP contribution in [0.1, 0.15) is 27.9 Å². The third-order valence-corrected chi connectivity index (χ3v) is 3.50. The van der Waals surface area contributed by atoms with Crippen LogP contribution in [0.25, 0.3) is 0 Å². The highest BCUT2D eigenvalue weighted by Crippen LogP contribution is 2.30. The van der Waals surface area contributed by atoms with Crippen LogP contribution >= 0.6 is 0 Å². The fourth-order valence-corrected chi connectivity index (χ4v) is 2.46. The van der Waals surface area contributed by atoms with E-state index in [0.29, 0.717) is 11.4 Å². The van der Waals surface area contributed by atoms with Crippen LogP contribution in [-0.4, -0.2) is 21.9 Å². The molecule has 3 N–H and O–H groups in total. The predicted molar refractivity (Wildman–Crippen MR) is 80.0 cm³/mol. The third-order valence-electron chi connectivity index (χ3n) is 3.50. The van der Waals surface area contributed by atoms with E-state index in [1.165, 1.54) is 12.1 Å². The number of rotatable bonds is 3. The molecule has 0 unspecified atom stereocenters. The molecular weight excluding hydrogens is 268 g/mol. The Bertz CT molecular complexity index is 738. The van der Waals surface area contributed by atoms with Crippen molar-refractivity contribution in [2.45, 2.75) is 12.8 Å². The molecule has 0 aromatic heterocycles. The maximum atomic E-state index is 10.9. The molecule has 0 fully saturated rings. The molecule has 5 heteroatoms. The van der Waals surface area contributed by atoms with Crippen molar-refractivity contribution in [3.05, 3.63) is 59.2 Å². The van der Waals surface area contributed by atoms with Gasteiger partial charge in [0.15, 0.2) is 0 Å². The van der Waals surface area contributed by atoms with Crippen molar-refractivity contribution in [2.24, 2.45) is 5.10 Å². The van der Waals surface area contributed by atoms with Gasteiger partial charge in [-0.05, 0) is 37.1 Å². The molecule has 0 radical (unpaired) electrons. The summed E-state index contributed by atoms with van der Waals surface area (Å²) in [5.74, 6) is -0.673. The SMILES string of the molecule is O=C(O)c1cccc(N/N=C2/CCc3c(O)cccc32)c1. The highest BCUT2D eigenvalue weighted by molar-refractivity contribution is 6.05. The molecule has 1 aliphatic carbocycles. The van der Waals surface area contributed by atoms with Crippen LogP contribution in [0.15, 0.2) is 47.6 Å². The van der Waals surface area contributed by atoms with Crippen LogP contribution < -0.4 is 5.43 Å². The van der Waals surface area contributed by atoms with Gasteiger partial charge in [-0.15, -0.1) is 0 Å². The number of carboxylic acid groups (broad SMARTS) is 1. The van der Waals surface area contributed by atoms with E-state index in [4.69, 9.17) is 5.11 Å². The Balaban J connectivity index is 1.84. The van der Waals surface area contributed by atoms with Gasteiger partial charge in [0.2, 0.25) is 0 Å². The standard InChI is InChI=1S/C16H14N2O3/c19-15-6-2-5-12-13(15)7-8-14(12)18-17-11-4-1-3-10(9-11)16(20)21/h1-6,9,17,19H,7-8H2,(H,20,21)/b18-14-. The maximum absolute atomic E-state index is 10.9. The zero-order valence-corrected chi connectivity index (χ0v) is 11.2. The van der Waals surface area contributed by atoms with Crippen molar-refractivity contribution in [1.82, 2.24) is 0 Å². The number of fused-ring (bicyclic) bond motifs is 1. The van der Waals surface area contributed by atoms with Gasteiger partial charge in [-0.25, -0.2) is 4.79 Å². The summed E-state index contributed by atoms with van der Waals surface area (Å²) in [5.41, 5.74) is 6.44. The van der Waals surface area contributed by atoms with E-state index in [0.717, 1.165) is 29.7 Å². The summed E-state index contributed by atoms with van der Waals surface area (Å²) in [6, 6.07) is 11.9. The number of nitrogens with zero attached hydrogens (tertiary/aromatic N) is 1. The number of carboxylic acids is 1. The summed E-state index contributed by atoms with van der Waals surface area (Å²) in [6.45, 7) is 0. The summed E-state index contributed by atoms with van der Waals surface area (Å²) >= 11 is 0. The molecule has 5 nitrogen and oxygen atoms in total. The van der Waals surface area contributed by atoms with Crippen molar-refractivity contribution in [3.8, 4) is 5.75 Å². The second-order valence-corrected chi connectivity index (χ2v) is 4.86. The molecule has 0 saturated heterocycles. The lowest BCUT2D eigenvalue weighted by Gasteiger charge is -2.05. The van der Waals surface area contributed by atoms with E-state index in [1.807, 2.05) is 6.07 Å². The number of hydrogen-bond donors (Lipinski definition) is 3. The van der Waals surface area contributed by atoms with Crippen molar-refractivity contribution in [1.29, 1.82) is 0 Å². The monoisotopic (exact) mass is 282 g/mol. The molecule has 1 aliphatic rings. The van der Waals surface area contributed by atoms with Crippen LogP contribution in [0.5, 0.6) is 5.75 Å². The molecule has 3 rings (SSSR count). The molecule has 0 atom stereocenters. The molecule has 0 aliphatic heterocycles. The van der Waals surface area contributed by atoms with Crippen LogP contribution in [0, 0.1) is 0 Å². The Morgan fingerprint density at radius 2 is 1.95 bits per heavy atom. The second kappa shape index (κ2) is 5.28. The number of hydrogen-bond acceptors (Lipinski definition) is 4. The first-order valence-corrected chi connectivity index (χ1v) is 6.62. The van der Waals surface area contributed by atoms with Crippen LogP contribution in [0.3, 0.4) is 0 Å². The first-order chi connectivity index (χ1) is 10.1. The Hall–Kier alpha value is -2.82. The summed E-state index contributed by atoms with van der Waals surface area (Å²) in [5, 5.41) is 23.1. The predicted octanol–water partition coefficient (Wildman–Crippen LogP) is 2.85. The Morgan fingerprint density at radius 1 is 1.14 bits per heavy atom. The minimum atomic E-state index is -0.970. The third kappa shape index (κ3) is 2.58. The molecule has 0 spiro atoms. The van der Waals surface area contributed by atoms with Crippen LogP contribution in [0.4, 0.5) is 5.69 Å². The number of hydrazone groups is 1. The van der Waals surface area contributed by atoms with Crippen LogP contribution in [-0.2, 0) is 6.42 Å². The lowest BCUT2D eigenvalue weighted by atomic mass is 10.1. The van der Waals surface area contributed by atoms with Crippen molar-refractivity contribution in [2.75, 3.05) is 5.43 Å². The molecule has 21 heavy (non-hydrogen) atoms. The van der Waals surface area contributed by atoms with Gasteiger partial charge in [0.05, 0.1) is 17.0 Å². The van der Waals surface area contributed by atoms with Gasteiger partial charge in [0, 0.05) is 11.1 Å². The first-order valence-electron chi connectivity index (χ1n) is 6.62. The molecule has 0 heterocycles. The molecule has 106 valence electrons. The quantitative estimate of drug-likeness (QED) is 0.756. The Labute approximate surface area is 121 Å². The van der Waals surface area contributed by atoms with Gasteiger partial charge in [-0.3, -0.25) is 5.43 Å². The zero-order chi connectivity index (χ0) is 14.8. The normalized spacial score (nSPS) is 15.0. The topological polar surface area (TPSA) is 81.9 Å². The fraction of sp³-hybridized carbons (Fsp3) is 0.125. The van der Waals surface area contributed by atoms with Gasteiger partial charge in [-0.2, -0.15) is 5.10 Å². The highest BCUT2D eigenvalue weighted by Gasteiger charge is 2.20. The number of aromatic hydroxyl groups is 1. The number of aromatic carboxylic acids is 1. The average Bonchev–Trinajstić information content (AvgIpc) is 2.90. The summed E-state index contributed by atoms with van der Waals surface area (Å²) in [4.78, 5) is 10.9. The van der Waals surface area contributed by atoms with Gasteiger partial charge in [0.25, 0.3) is 0 Å². The maximum Gasteiger partial charge on any atom is 0.335 e. The van der Waals surface area contributed by atoms with E-state index < -0.39 is 5.97 Å². The molecule has 0 saturated carbocycles. The molecular formula is C16H14N2O3. The number of phenolic OH excluding ortho intramolecular Hbond substituents is 1. The highest BCUT2D eigenvalue weighted by atomic mass is 16.4. The largest absolute Gasteiger partial charge is 0.508 e. The van der Waals surface area contributed by atoms with Gasteiger partial charge in [-0.1, -0.05) is 18.2 Å². The lowest BCUT2D eigenvalue weighted by molar-refractivity contribution is 0.0697. The molecule has 2 aromatic rings. The molecule has 0 amide bonds. The van der Waals surface area contributed by atoms with Gasteiger partial charge >= 0.3 is 5.97 Å². The minimum Gasteiger partial charge on any atom is -0.508 e. The van der Waals surface area contributed by atoms with Crippen LogP contribution in [0.2, 0.25) is 0 Å². The van der Waals surface area contributed by atoms with E-state index in [2.05, 4.69) is 10.5 Å². The lowest BCUT2D eigenvalue weighted by Crippen LogP contribution is -2.01. The number of carbonyl (C=O) groups is 1. The average molecular weight is 282 g/mol.